The molecule has 0 amide bonds. The zero-order valence-corrected chi connectivity index (χ0v) is 20.4. The standard InChI is InChI=1S/C25H19ClF3NO5S/c1-14(2)35-17-7-5-16(6-8-17)30-21-12-11-19(13-20(21)22(26)23(30)24(31)32)36(33,34)18-9-3-15(4-10-18)25(27,28)29/h3-14H,1-2H3,(H,31,32). The molecule has 4 aromatic rings. The number of ether oxygens (including phenoxy) is 1. The van der Waals surface area contributed by atoms with E-state index in [1.165, 1.54) is 22.8 Å². The Balaban J connectivity index is 1.83. The average molecular weight is 538 g/mol. The minimum Gasteiger partial charge on any atom is -0.491 e. The first kappa shape index (κ1) is 25.6. The summed E-state index contributed by atoms with van der Waals surface area (Å²) < 4.78 is 71.8. The summed E-state index contributed by atoms with van der Waals surface area (Å²) in [5, 5.41) is 9.82. The molecule has 188 valence electrons. The molecule has 0 aliphatic rings. The number of sulfone groups is 1. The number of halogens is 4. The van der Waals surface area contributed by atoms with Crippen LogP contribution in [0.4, 0.5) is 13.2 Å². The lowest BCUT2D eigenvalue weighted by Crippen LogP contribution is -2.08. The molecule has 1 heterocycles. The summed E-state index contributed by atoms with van der Waals surface area (Å²) >= 11 is 6.40. The number of alkyl halides is 3. The van der Waals surface area contributed by atoms with Gasteiger partial charge in [-0.2, -0.15) is 13.2 Å². The summed E-state index contributed by atoms with van der Waals surface area (Å²) in [6.45, 7) is 3.73. The predicted molar refractivity (Wildman–Crippen MR) is 128 cm³/mol. The number of nitrogens with zero attached hydrogens (tertiary/aromatic N) is 1. The van der Waals surface area contributed by atoms with Crippen LogP contribution >= 0.6 is 11.6 Å². The van der Waals surface area contributed by atoms with Gasteiger partial charge in [-0.25, -0.2) is 13.2 Å². The molecule has 0 bridgehead atoms. The molecule has 36 heavy (non-hydrogen) atoms. The van der Waals surface area contributed by atoms with Gasteiger partial charge in [-0.1, -0.05) is 11.6 Å². The van der Waals surface area contributed by atoms with Crippen LogP contribution in [0.15, 0.2) is 76.5 Å². The lowest BCUT2D eigenvalue weighted by molar-refractivity contribution is -0.137. The van der Waals surface area contributed by atoms with E-state index in [4.69, 9.17) is 16.3 Å². The molecule has 1 aromatic heterocycles. The summed E-state index contributed by atoms with van der Waals surface area (Å²) in [4.78, 5) is 11.5. The number of rotatable bonds is 6. The summed E-state index contributed by atoms with van der Waals surface area (Å²) in [5.41, 5.74) is -0.457. The molecule has 0 spiro atoms. The minimum atomic E-state index is -4.61. The highest BCUT2D eigenvalue weighted by Crippen LogP contribution is 2.37. The Bertz CT molecular complexity index is 1560. The molecular weight excluding hydrogens is 519 g/mol. The van der Waals surface area contributed by atoms with Gasteiger partial charge in [0.05, 0.1) is 32.0 Å². The Morgan fingerprint density at radius 2 is 1.56 bits per heavy atom. The second kappa shape index (κ2) is 9.18. The fourth-order valence-corrected chi connectivity index (χ4v) is 5.37. The van der Waals surface area contributed by atoms with Crippen molar-refractivity contribution in [3.63, 3.8) is 0 Å². The number of carboxylic acid groups (broad SMARTS) is 1. The van der Waals surface area contributed by atoms with Crippen molar-refractivity contribution in [2.45, 2.75) is 35.9 Å². The summed E-state index contributed by atoms with van der Waals surface area (Å²) in [7, 11) is -4.21. The molecule has 0 radical (unpaired) electrons. The molecular formula is C25H19ClF3NO5S. The van der Waals surface area contributed by atoms with Crippen LogP contribution in [0.3, 0.4) is 0 Å². The largest absolute Gasteiger partial charge is 0.491 e. The lowest BCUT2D eigenvalue weighted by Gasteiger charge is -2.12. The van der Waals surface area contributed by atoms with E-state index in [2.05, 4.69) is 0 Å². The van der Waals surface area contributed by atoms with Crippen molar-refractivity contribution in [2.24, 2.45) is 0 Å². The first-order valence-corrected chi connectivity index (χ1v) is 12.4. The molecule has 0 unspecified atom stereocenters. The van der Waals surface area contributed by atoms with E-state index in [-0.39, 0.29) is 32.0 Å². The van der Waals surface area contributed by atoms with Crippen molar-refractivity contribution in [3.8, 4) is 11.4 Å². The van der Waals surface area contributed by atoms with Crippen molar-refractivity contribution in [3.05, 3.63) is 83.0 Å². The van der Waals surface area contributed by atoms with E-state index in [0.717, 1.165) is 12.1 Å². The summed E-state index contributed by atoms with van der Waals surface area (Å²) in [5.74, 6) is -0.746. The zero-order valence-electron chi connectivity index (χ0n) is 18.9. The van der Waals surface area contributed by atoms with Gasteiger partial charge in [-0.05, 0) is 80.6 Å². The fraction of sp³-hybridized carbons (Fsp3) is 0.160. The minimum absolute atomic E-state index is 0.0580. The number of fused-ring (bicyclic) bond motifs is 1. The maximum atomic E-state index is 13.1. The van der Waals surface area contributed by atoms with Gasteiger partial charge in [0.1, 0.15) is 5.75 Å². The molecule has 0 saturated carbocycles. The van der Waals surface area contributed by atoms with E-state index in [1.54, 1.807) is 24.3 Å². The summed E-state index contributed by atoms with van der Waals surface area (Å²) in [6, 6.07) is 13.6. The van der Waals surface area contributed by atoms with E-state index in [9.17, 15) is 31.5 Å². The number of benzene rings is 3. The number of hydrogen-bond acceptors (Lipinski definition) is 4. The van der Waals surface area contributed by atoms with Crippen molar-refractivity contribution < 1.29 is 36.2 Å². The molecule has 6 nitrogen and oxygen atoms in total. The van der Waals surface area contributed by atoms with Gasteiger partial charge in [0, 0.05) is 11.1 Å². The van der Waals surface area contributed by atoms with Crippen molar-refractivity contribution >= 4 is 38.3 Å². The second-order valence-electron chi connectivity index (χ2n) is 8.17. The van der Waals surface area contributed by atoms with Gasteiger partial charge in [0.15, 0.2) is 5.69 Å². The van der Waals surface area contributed by atoms with E-state index >= 15 is 0 Å². The van der Waals surface area contributed by atoms with Crippen LogP contribution in [0.1, 0.15) is 29.9 Å². The van der Waals surface area contributed by atoms with Crippen molar-refractivity contribution in [2.75, 3.05) is 0 Å². The predicted octanol–water partition coefficient (Wildman–Crippen LogP) is 6.62. The SMILES string of the molecule is CC(C)Oc1ccc(-n2c(C(=O)O)c(Cl)c3cc(S(=O)(=O)c4ccc(C(F)(F)F)cc4)ccc32)cc1. The Morgan fingerprint density at radius 3 is 2.08 bits per heavy atom. The first-order chi connectivity index (χ1) is 16.8. The van der Waals surface area contributed by atoms with Crippen LogP contribution in [0.25, 0.3) is 16.6 Å². The first-order valence-electron chi connectivity index (χ1n) is 10.6. The van der Waals surface area contributed by atoms with Crippen LogP contribution in [0.5, 0.6) is 5.75 Å². The molecule has 0 fully saturated rings. The van der Waals surface area contributed by atoms with Gasteiger partial charge >= 0.3 is 12.1 Å². The molecule has 1 N–H and O–H groups in total. The van der Waals surface area contributed by atoms with Crippen molar-refractivity contribution in [1.82, 2.24) is 4.57 Å². The molecule has 3 aromatic carbocycles. The number of carboxylic acids is 1. The fourth-order valence-electron chi connectivity index (χ4n) is 3.76. The average Bonchev–Trinajstić information content (AvgIpc) is 3.11. The Hall–Kier alpha value is -3.50. The molecule has 0 aliphatic carbocycles. The molecule has 11 heteroatoms. The van der Waals surface area contributed by atoms with Crippen LogP contribution < -0.4 is 4.74 Å². The third-order valence-corrected chi connectivity index (χ3v) is 7.50. The molecule has 0 atom stereocenters. The van der Waals surface area contributed by atoms with Crippen LogP contribution in [0.2, 0.25) is 5.02 Å². The summed E-state index contributed by atoms with van der Waals surface area (Å²) in [6.07, 6.45) is -4.67. The quantitative estimate of drug-likeness (QED) is 0.299. The number of hydrogen-bond donors (Lipinski definition) is 1. The van der Waals surface area contributed by atoms with Gasteiger partial charge in [-0.3, -0.25) is 0 Å². The maximum Gasteiger partial charge on any atom is 0.416 e. The monoisotopic (exact) mass is 537 g/mol. The van der Waals surface area contributed by atoms with Crippen LogP contribution in [-0.4, -0.2) is 30.2 Å². The topological polar surface area (TPSA) is 85.6 Å². The normalized spacial score (nSPS) is 12.3. The highest BCUT2D eigenvalue weighted by Gasteiger charge is 2.31. The Morgan fingerprint density at radius 1 is 0.972 bits per heavy atom. The number of aromatic nitrogens is 1. The molecule has 0 saturated heterocycles. The smallest absolute Gasteiger partial charge is 0.416 e. The highest BCUT2D eigenvalue weighted by molar-refractivity contribution is 7.91. The van der Waals surface area contributed by atoms with E-state index < -0.39 is 27.5 Å². The lowest BCUT2D eigenvalue weighted by atomic mass is 10.2. The van der Waals surface area contributed by atoms with Gasteiger partial charge < -0.3 is 14.4 Å². The molecule has 4 rings (SSSR count). The second-order valence-corrected chi connectivity index (χ2v) is 10.5. The van der Waals surface area contributed by atoms with Gasteiger partial charge in [0.25, 0.3) is 0 Å². The third-order valence-electron chi connectivity index (χ3n) is 5.35. The number of carbonyl (C=O) groups is 1. The van der Waals surface area contributed by atoms with Crippen LogP contribution in [-0.2, 0) is 16.0 Å². The Labute approximate surface area is 209 Å². The maximum absolute atomic E-state index is 13.1. The molecule has 0 aliphatic heterocycles. The third kappa shape index (κ3) is 4.66. The van der Waals surface area contributed by atoms with E-state index in [0.29, 0.717) is 29.1 Å². The highest BCUT2D eigenvalue weighted by atomic mass is 35.5. The number of aromatic carboxylic acids is 1. The zero-order chi connectivity index (χ0) is 26.4. The Kier molecular flexibility index (Phi) is 6.52. The van der Waals surface area contributed by atoms with Gasteiger partial charge in [-0.15, -0.1) is 0 Å². The van der Waals surface area contributed by atoms with Crippen molar-refractivity contribution in [1.29, 1.82) is 0 Å². The van der Waals surface area contributed by atoms with E-state index in [1.807, 2.05) is 13.8 Å². The van der Waals surface area contributed by atoms with Crippen LogP contribution in [0, 0.1) is 0 Å². The van der Waals surface area contributed by atoms with Gasteiger partial charge in [0.2, 0.25) is 9.84 Å².